The van der Waals surface area contributed by atoms with Crippen molar-refractivity contribution in [3.63, 3.8) is 0 Å². The van der Waals surface area contributed by atoms with E-state index in [0.29, 0.717) is 0 Å². The van der Waals surface area contributed by atoms with Crippen molar-refractivity contribution in [3.8, 4) is 0 Å². The number of anilines is 1. The second-order valence-corrected chi connectivity index (χ2v) is 5.08. The van der Waals surface area contributed by atoms with E-state index in [-0.39, 0.29) is 6.04 Å². The molecule has 0 amide bonds. The molecule has 0 aliphatic rings. The molecule has 0 bridgehead atoms. The maximum Gasteiger partial charge on any atom is 0.0791 e. The molecule has 0 saturated heterocycles. The Kier molecular flexibility index (Phi) is 4.22. The molecule has 1 aromatic carbocycles. The minimum absolute atomic E-state index is 0.259. The Labute approximate surface area is 115 Å². The Balaban J connectivity index is 1.91. The Bertz CT molecular complexity index is 513. The number of hydrogen-bond donors (Lipinski definition) is 1. The summed E-state index contributed by atoms with van der Waals surface area (Å²) >= 11 is 0. The molecule has 0 aliphatic carbocycles. The van der Waals surface area contributed by atoms with Crippen LogP contribution in [0.5, 0.6) is 0 Å². The van der Waals surface area contributed by atoms with Gasteiger partial charge in [-0.1, -0.05) is 12.1 Å². The fraction of sp³-hybridized carbons (Fsp3) is 0.400. The summed E-state index contributed by atoms with van der Waals surface area (Å²) in [6.45, 7) is 2.99. The largest absolute Gasteiger partial charge is 0.378 e. The smallest absolute Gasteiger partial charge is 0.0791 e. The maximum absolute atomic E-state index is 4.41. The van der Waals surface area contributed by atoms with Crippen LogP contribution in [0.25, 0.3) is 0 Å². The zero-order valence-corrected chi connectivity index (χ0v) is 12.1. The van der Waals surface area contributed by atoms with Gasteiger partial charge in [0, 0.05) is 45.6 Å². The van der Waals surface area contributed by atoms with Crippen molar-refractivity contribution in [1.29, 1.82) is 0 Å². The second kappa shape index (κ2) is 5.89. The lowest BCUT2D eigenvalue weighted by Crippen LogP contribution is -2.18. The van der Waals surface area contributed by atoms with Gasteiger partial charge in [-0.2, -0.15) is 5.10 Å². The highest BCUT2D eigenvalue weighted by atomic mass is 15.3. The maximum atomic E-state index is 4.41. The number of nitrogens with one attached hydrogen (secondary N) is 1. The third-order valence-corrected chi connectivity index (χ3v) is 3.24. The Morgan fingerprint density at radius 2 is 1.89 bits per heavy atom. The van der Waals surface area contributed by atoms with Gasteiger partial charge in [0.1, 0.15) is 0 Å². The molecule has 102 valence electrons. The number of benzene rings is 1. The third kappa shape index (κ3) is 3.58. The van der Waals surface area contributed by atoms with E-state index in [0.717, 1.165) is 12.2 Å². The predicted molar refractivity (Wildman–Crippen MR) is 79.2 cm³/mol. The van der Waals surface area contributed by atoms with E-state index in [9.17, 15) is 0 Å². The molecule has 0 fully saturated rings. The van der Waals surface area contributed by atoms with E-state index in [1.54, 1.807) is 0 Å². The lowest BCUT2D eigenvalue weighted by molar-refractivity contribution is 0.551. The first kappa shape index (κ1) is 13.6. The van der Waals surface area contributed by atoms with Crippen LogP contribution in [0.3, 0.4) is 0 Å². The van der Waals surface area contributed by atoms with Crippen LogP contribution in [0.4, 0.5) is 5.69 Å². The van der Waals surface area contributed by atoms with Gasteiger partial charge in [-0.25, -0.2) is 0 Å². The monoisotopic (exact) mass is 258 g/mol. The first-order valence-corrected chi connectivity index (χ1v) is 6.55. The van der Waals surface area contributed by atoms with Crippen LogP contribution in [-0.4, -0.2) is 23.9 Å². The molecule has 1 unspecified atom stereocenters. The van der Waals surface area contributed by atoms with Crippen molar-refractivity contribution in [3.05, 3.63) is 47.8 Å². The topological polar surface area (TPSA) is 33.1 Å². The van der Waals surface area contributed by atoms with Gasteiger partial charge in [0.2, 0.25) is 0 Å². The first-order chi connectivity index (χ1) is 9.06. The molecule has 1 aromatic heterocycles. The number of hydrogen-bond acceptors (Lipinski definition) is 3. The summed E-state index contributed by atoms with van der Waals surface area (Å²) in [6.07, 6.45) is 1.97. The highest BCUT2D eigenvalue weighted by molar-refractivity contribution is 5.45. The van der Waals surface area contributed by atoms with Crippen LogP contribution in [0.1, 0.15) is 24.2 Å². The van der Waals surface area contributed by atoms with Crippen molar-refractivity contribution in [1.82, 2.24) is 15.1 Å². The Morgan fingerprint density at radius 3 is 2.42 bits per heavy atom. The lowest BCUT2D eigenvalue weighted by Gasteiger charge is -2.14. The van der Waals surface area contributed by atoms with E-state index in [4.69, 9.17) is 0 Å². The van der Waals surface area contributed by atoms with E-state index >= 15 is 0 Å². The first-order valence-electron chi connectivity index (χ1n) is 6.55. The van der Waals surface area contributed by atoms with E-state index in [1.165, 1.54) is 11.3 Å². The van der Waals surface area contributed by atoms with Crippen LogP contribution < -0.4 is 10.2 Å². The van der Waals surface area contributed by atoms with Crippen molar-refractivity contribution in [2.24, 2.45) is 7.05 Å². The molecule has 0 radical (unpaired) electrons. The van der Waals surface area contributed by atoms with Crippen LogP contribution in [0.15, 0.2) is 36.5 Å². The van der Waals surface area contributed by atoms with E-state index in [2.05, 4.69) is 60.6 Å². The summed E-state index contributed by atoms with van der Waals surface area (Å²) in [7, 11) is 6.04. The molecule has 1 heterocycles. The van der Waals surface area contributed by atoms with Crippen LogP contribution in [-0.2, 0) is 13.6 Å². The molecule has 19 heavy (non-hydrogen) atoms. The van der Waals surface area contributed by atoms with Gasteiger partial charge in [-0.05, 0) is 30.7 Å². The molecular weight excluding hydrogens is 236 g/mol. The standard InChI is InChI=1S/C15H22N4/c1-12(15-9-10-19(4)17-15)16-11-13-5-7-14(8-6-13)18(2)3/h5-10,12,16H,11H2,1-4H3. The number of rotatable bonds is 5. The van der Waals surface area contributed by atoms with Crippen molar-refractivity contribution in [2.45, 2.75) is 19.5 Å². The summed E-state index contributed by atoms with van der Waals surface area (Å²) in [5.41, 5.74) is 3.59. The number of nitrogens with zero attached hydrogens (tertiary/aromatic N) is 3. The van der Waals surface area contributed by atoms with Crippen LogP contribution in [0.2, 0.25) is 0 Å². The van der Waals surface area contributed by atoms with Crippen molar-refractivity contribution >= 4 is 5.69 Å². The summed E-state index contributed by atoms with van der Waals surface area (Å²) in [5.74, 6) is 0. The minimum Gasteiger partial charge on any atom is -0.378 e. The van der Waals surface area contributed by atoms with Gasteiger partial charge < -0.3 is 10.2 Å². The Morgan fingerprint density at radius 1 is 1.21 bits per heavy atom. The molecule has 0 aliphatic heterocycles. The minimum atomic E-state index is 0.259. The molecule has 2 aromatic rings. The van der Waals surface area contributed by atoms with E-state index in [1.807, 2.05) is 24.0 Å². The predicted octanol–water partition coefficient (Wildman–Crippen LogP) is 2.34. The molecule has 2 rings (SSSR count). The molecule has 4 nitrogen and oxygen atoms in total. The summed E-state index contributed by atoms with van der Waals surface area (Å²) in [4.78, 5) is 2.10. The molecule has 0 spiro atoms. The average molecular weight is 258 g/mol. The highest BCUT2D eigenvalue weighted by Gasteiger charge is 2.07. The van der Waals surface area contributed by atoms with Gasteiger partial charge in [-0.15, -0.1) is 0 Å². The van der Waals surface area contributed by atoms with Gasteiger partial charge >= 0.3 is 0 Å². The van der Waals surface area contributed by atoms with Gasteiger partial charge in [0.15, 0.2) is 0 Å². The molecule has 0 saturated carbocycles. The molecule has 1 atom stereocenters. The average Bonchev–Trinajstić information content (AvgIpc) is 2.83. The Hall–Kier alpha value is -1.81. The van der Waals surface area contributed by atoms with Gasteiger partial charge in [0.25, 0.3) is 0 Å². The van der Waals surface area contributed by atoms with Gasteiger partial charge in [-0.3, -0.25) is 4.68 Å². The second-order valence-electron chi connectivity index (χ2n) is 5.08. The summed E-state index contributed by atoms with van der Waals surface area (Å²) < 4.78 is 1.83. The molecule has 4 heteroatoms. The lowest BCUT2D eigenvalue weighted by atomic mass is 10.1. The van der Waals surface area contributed by atoms with Crippen molar-refractivity contribution < 1.29 is 0 Å². The fourth-order valence-electron chi connectivity index (χ4n) is 1.95. The molecular formula is C15H22N4. The zero-order chi connectivity index (χ0) is 13.8. The molecule has 1 N–H and O–H groups in total. The third-order valence-electron chi connectivity index (χ3n) is 3.24. The summed E-state index contributed by atoms with van der Waals surface area (Å²) in [5, 5.41) is 7.90. The quantitative estimate of drug-likeness (QED) is 0.893. The van der Waals surface area contributed by atoms with E-state index < -0.39 is 0 Å². The zero-order valence-electron chi connectivity index (χ0n) is 12.1. The van der Waals surface area contributed by atoms with Crippen LogP contribution in [0, 0.1) is 0 Å². The van der Waals surface area contributed by atoms with Gasteiger partial charge in [0.05, 0.1) is 5.69 Å². The van der Waals surface area contributed by atoms with Crippen LogP contribution >= 0.6 is 0 Å². The fourth-order valence-corrected chi connectivity index (χ4v) is 1.95. The number of aryl methyl sites for hydroxylation is 1. The number of aromatic nitrogens is 2. The summed E-state index contributed by atoms with van der Waals surface area (Å²) in [6, 6.07) is 10.9. The highest BCUT2D eigenvalue weighted by Crippen LogP contribution is 2.14. The normalized spacial score (nSPS) is 12.4. The SMILES string of the molecule is CC(NCc1ccc(N(C)C)cc1)c1ccn(C)n1. The van der Waals surface area contributed by atoms with Crippen molar-refractivity contribution in [2.75, 3.05) is 19.0 Å².